The van der Waals surface area contributed by atoms with E-state index >= 15 is 0 Å². The summed E-state index contributed by atoms with van der Waals surface area (Å²) >= 11 is 0. The maximum Gasteiger partial charge on any atom is 0.466 e. The Morgan fingerprint density at radius 3 is 1.81 bits per heavy atom. The number of hydrogen-bond acceptors (Lipinski definition) is 6. The van der Waals surface area contributed by atoms with Gasteiger partial charge in [-0.25, -0.2) is 8.78 Å². The van der Waals surface area contributed by atoms with Crippen LogP contribution in [0.1, 0.15) is 11.1 Å². The number of non-ortho nitro benzene ring substituents is 2. The van der Waals surface area contributed by atoms with E-state index in [9.17, 15) is 46.6 Å². The molecule has 0 fully saturated rings. The SMILES string of the molecule is Cc1cc(C)c(Oc2ccccc2)c(OC(F)(C(F)F)C(F)(F)F)c1.O=[N+]([O-])c1cccc([N+](=O)[O-])c1. The van der Waals surface area contributed by atoms with Crippen LogP contribution in [0.25, 0.3) is 0 Å². The zero-order chi connectivity index (χ0) is 28.0. The van der Waals surface area contributed by atoms with Gasteiger partial charge in [-0.15, -0.1) is 0 Å². The van der Waals surface area contributed by atoms with Crippen molar-refractivity contribution in [1.82, 2.24) is 0 Å². The third-order valence-electron chi connectivity index (χ3n) is 4.53. The van der Waals surface area contributed by atoms with E-state index in [0.717, 1.165) is 12.1 Å². The molecule has 8 nitrogen and oxygen atoms in total. The average Bonchev–Trinajstić information content (AvgIpc) is 2.81. The number of benzene rings is 3. The van der Waals surface area contributed by atoms with Crippen molar-refractivity contribution in [2.75, 3.05) is 0 Å². The minimum Gasteiger partial charge on any atom is -0.453 e. The molecule has 14 heteroatoms. The molecule has 3 aromatic carbocycles. The van der Waals surface area contributed by atoms with Crippen LogP contribution in [0.15, 0.2) is 66.7 Å². The second kappa shape index (κ2) is 11.6. The van der Waals surface area contributed by atoms with Gasteiger partial charge in [0.05, 0.1) is 15.9 Å². The Morgan fingerprint density at radius 1 is 0.811 bits per heavy atom. The van der Waals surface area contributed by atoms with Gasteiger partial charge in [0.15, 0.2) is 11.5 Å². The van der Waals surface area contributed by atoms with Crippen LogP contribution in [0.3, 0.4) is 0 Å². The van der Waals surface area contributed by atoms with E-state index in [2.05, 4.69) is 4.74 Å². The van der Waals surface area contributed by atoms with Crippen LogP contribution in [-0.4, -0.2) is 28.3 Å². The third kappa shape index (κ3) is 7.32. The first-order chi connectivity index (χ1) is 17.2. The summed E-state index contributed by atoms with van der Waals surface area (Å²) < 4.78 is 87.4. The lowest BCUT2D eigenvalue weighted by molar-refractivity contribution is -0.394. The first kappa shape index (κ1) is 28.9. The lowest BCUT2D eigenvalue weighted by Gasteiger charge is -2.28. The molecule has 0 bridgehead atoms. The minimum atomic E-state index is -5.93. The molecular weight excluding hydrogens is 514 g/mol. The van der Waals surface area contributed by atoms with Gasteiger partial charge in [-0.2, -0.15) is 17.6 Å². The molecule has 0 aliphatic heterocycles. The van der Waals surface area contributed by atoms with Gasteiger partial charge in [0.2, 0.25) is 0 Å². The second-order valence-corrected chi connectivity index (χ2v) is 7.40. The number of halogens is 6. The zero-order valence-electron chi connectivity index (χ0n) is 19.0. The maximum atomic E-state index is 13.9. The van der Waals surface area contributed by atoms with E-state index < -0.39 is 34.1 Å². The Labute approximate surface area is 205 Å². The number of rotatable bonds is 7. The molecule has 0 aromatic heterocycles. The third-order valence-corrected chi connectivity index (χ3v) is 4.53. The van der Waals surface area contributed by atoms with Gasteiger partial charge in [0.25, 0.3) is 11.4 Å². The van der Waals surface area contributed by atoms with Gasteiger partial charge in [0.1, 0.15) is 5.75 Å². The molecule has 0 heterocycles. The van der Waals surface area contributed by atoms with Gasteiger partial charge < -0.3 is 9.47 Å². The summed E-state index contributed by atoms with van der Waals surface area (Å²) in [5.74, 6) is -5.96. The number of nitro groups is 2. The van der Waals surface area contributed by atoms with Gasteiger partial charge in [-0.1, -0.05) is 24.3 Å². The van der Waals surface area contributed by atoms with Gasteiger partial charge in [-0.3, -0.25) is 20.2 Å². The molecule has 3 aromatic rings. The zero-order valence-corrected chi connectivity index (χ0v) is 19.0. The number of ether oxygens (including phenoxy) is 2. The molecular formula is C23H18F6N2O6. The predicted octanol–water partition coefficient (Wildman–Crippen LogP) is 7.47. The van der Waals surface area contributed by atoms with Crippen LogP contribution in [0.2, 0.25) is 0 Å². The van der Waals surface area contributed by atoms with Crippen LogP contribution >= 0.6 is 0 Å². The largest absolute Gasteiger partial charge is 0.466 e. The van der Waals surface area contributed by atoms with Crippen LogP contribution in [0.5, 0.6) is 17.2 Å². The molecule has 0 aliphatic rings. The topological polar surface area (TPSA) is 105 Å². The second-order valence-electron chi connectivity index (χ2n) is 7.40. The quantitative estimate of drug-likeness (QED) is 0.178. The van der Waals surface area contributed by atoms with Crippen LogP contribution in [-0.2, 0) is 0 Å². The Morgan fingerprint density at radius 2 is 1.35 bits per heavy atom. The van der Waals surface area contributed by atoms with Crippen molar-refractivity contribution in [3.63, 3.8) is 0 Å². The minimum absolute atomic E-state index is 0.229. The molecule has 0 saturated heterocycles. The molecule has 1 atom stereocenters. The average molecular weight is 532 g/mol. The number of aryl methyl sites for hydroxylation is 2. The lowest BCUT2D eigenvalue weighted by Crippen LogP contribution is -2.52. The molecule has 198 valence electrons. The summed E-state index contributed by atoms with van der Waals surface area (Å²) in [6, 6.07) is 15.0. The first-order valence-electron chi connectivity index (χ1n) is 10.1. The summed E-state index contributed by atoms with van der Waals surface area (Å²) in [6.07, 6.45) is -10.4. The number of para-hydroxylation sites is 1. The molecule has 0 amide bonds. The molecule has 0 N–H and O–H groups in total. The normalized spacial score (nSPS) is 12.7. The number of alkyl halides is 6. The standard InChI is InChI=1S/C17H14F6O2.C6H4N2O4/c1-10-8-11(2)14(24-12-6-4-3-5-7-12)13(9-10)25-16(20,15(18)19)17(21,22)23;9-7(10)5-2-1-3-6(4-5)8(11)12/h3-9,15H,1-2H3;1-4H. The van der Waals surface area contributed by atoms with Crippen molar-refractivity contribution in [3.05, 3.63) is 98.1 Å². The monoisotopic (exact) mass is 532 g/mol. The van der Waals surface area contributed by atoms with Crippen molar-refractivity contribution in [3.8, 4) is 17.2 Å². The van der Waals surface area contributed by atoms with Crippen molar-refractivity contribution >= 4 is 11.4 Å². The van der Waals surface area contributed by atoms with Crippen molar-refractivity contribution in [1.29, 1.82) is 0 Å². The van der Waals surface area contributed by atoms with E-state index in [1.165, 1.54) is 44.2 Å². The Kier molecular flexibility index (Phi) is 9.04. The smallest absolute Gasteiger partial charge is 0.453 e. The molecule has 37 heavy (non-hydrogen) atoms. The summed E-state index contributed by atoms with van der Waals surface area (Å²) in [5, 5.41) is 20.3. The lowest BCUT2D eigenvalue weighted by atomic mass is 10.1. The van der Waals surface area contributed by atoms with Crippen molar-refractivity contribution in [2.24, 2.45) is 0 Å². The fourth-order valence-electron chi connectivity index (χ4n) is 2.83. The summed E-state index contributed by atoms with van der Waals surface area (Å²) in [4.78, 5) is 19.0. The van der Waals surface area contributed by atoms with Crippen molar-refractivity contribution < 1.29 is 45.7 Å². The van der Waals surface area contributed by atoms with E-state index in [-0.39, 0.29) is 22.9 Å². The van der Waals surface area contributed by atoms with Gasteiger partial charge in [-0.05, 0) is 49.2 Å². The molecule has 0 spiro atoms. The molecule has 0 aliphatic carbocycles. The highest BCUT2D eigenvalue weighted by molar-refractivity contribution is 5.51. The number of nitrogens with zero attached hydrogens (tertiary/aromatic N) is 2. The molecule has 3 rings (SSSR count). The molecule has 1 unspecified atom stereocenters. The van der Waals surface area contributed by atoms with E-state index in [0.29, 0.717) is 11.1 Å². The Balaban J connectivity index is 0.000000335. The van der Waals surface area contributed by atoms with E-state index in [1.54, 1.807) is 24.3 Å². The Bertz CT molecular complexity index is 1230. The van der Waals surface area contributed by atoms with Crippen LogP contribution in [0.4, 0.5) is 37.7 Å². The first-order valence-corrected chi connectivity index (χ1v) is 10.1. The highest BCUT2D eigenvalue weighted by Gasteiger charge is 2.66. The summed E-state index contributed by atoms with van der Waals surface area (Å²) in [7, 11) is 0. The highest BCUT2D eigenvalue weighted by Crippen LogP contribution is 2.45. The summed E-state index contributed by atoms with van der Waals surface area (Å²) in [6.45, 7) is 2.98. The molecule has 0 saturated carbocycles. The van der Waals surface area contributed by atoms with Gasteiger partial charge in [0, 0.05) is 12.1 Å². The predicted molar refractivity (Wildman–Crippen MR) is 119 cm³/mol. The van der Waals surface area contributed by atoms with Crippen LogP contribution < -0.4 is 9.47 Å². The van der Waals surface area contributed by atoms with Crippen LogP contribution in [0, 0.1) is 34.1 Å². The van der Waals surface area contributed by atoms with Crippen molar-refractivity contribution in [2.45, 2.75) is 32.3 Å². The fourth-order valence-corrected chi connectivity index (χ4v) is 2.83. The molecule has 0 radical (unpaired) electrons. The van der Waals surface area contributed by atoms with E-state index in [1.807, 2.05) is 0 Å². The number of nitro benzene ring substituents is 2. The highest BCUT2D eigenvalue weighted by atomic mass is 19.4. The number of hydrogen-bond donors (Lipinski definition) is 0. The summed E-state index contributed by atoms with van der Waals surface area (Å²) in [5.41, 5.74) is 0.151. The maximum absolute atomic E-state index is 13.9. The van der Waals surface area contributed by atoms with Gasteiger partial charge >= 0.3 is 18.5 Å². The Hall–Kier alpha value is -4.36. The fraction of sp³-hybridized carbons (Fsp3) is 0.217. The van der Waals surface area contributed by atoms with E-state index in [4.69, 9.17) is 4.74 Å².